The van der Waals surface area contributed by atoms with Crippen LogP contribution in [-0.4, -0.2) is 104 Å². The molecule has 2 aliphatic carbocycles. The minimum absolute atomic E-state index is 0.0630. The highest BCUT2D eigenvalue weighted by Crippen LogP contribution is 2.46. The number of ether oxygens (including phenoxy) is 8. The largest absolute Gasteiger partial charge is 0.497 e. The van der Waals surface area contributed by atoms with E-state index in [4.69, 9.17) is 58.1 Å². The summed E-state index contributed by atoms with van der Waals surface area (Å²) in [4.78, 5) is 42.6. The van der Waals surface area contributed by atoms with Crippen LogP contribution in [0.5, 0.6) is 17.2 Å². The van der Waals surface area contributed by atoms with Gasteiger partial charge in [-0.1, -0.05) is 68.3 Å². The second-order valence-corrected chi connectivity index (χ2v) is 25.4. The van der Waals surface area contributed by atoms with E-state index >= 15 is 0 Å². The zero-order valence-corrected chi connectivity index (χ0v) is 45.4. The molecule has 3 aromatic carbocycles. The third kappa shape index (κ3) is 14.3. The summed E-state index contributed by atoms with van der Waals surface area (Å²) in [5, 5.41) is 2.58. The normalized spacial score (nSPS) is 22.6. The first kappa shape index (κ1) is 58.2. The van der Waals surface area contributed by atoms with Crippen LogP contribution in [-0.2, 0) is 60.0 Å². The third-order valence-corrected chi connectivity index (χ3v) is 17.9. The number of esters is 2. The summed E-state index contributed by atoms with van der Waals surface area (Å²) in [6.07, 6.45) is -6.31. The maximum Gasteiger partial charge on any atom is 0.416 e. The molecule has 0 spiro atoms. The van der Waals surface area contributed by atoms with Gasteiger partial charge < -0.3 is 47.6 Å². The van der Waals surface area contributed by atoms with E-state index in [9.17, 15) is 36.0 Å². The predicted octanol–water partition coefficient (Wildman–Crippen LogP) is 9.41. The van der Waals surface area contributed by atoms with Gasteiger partial charge in [-0.3, -0.25) is 4.79 Å². The minimum Gasteiger partial charge on any atom is -0.497 e. The van der Waals surface area contributed by atoms with Crippen LogP contribution in [0.1, 0.15) is 81.1 Å². The number of alkyl carbamates (subject to hydrolysis) is 1. The Morgan fingerprint density at radius 1 is 0.973 bits per heavy atom. The summed E-state index contributed by atoms with van der Waals surface area (Å²) in [6, 6.07) is 13.0. The number of hydrogen-bond acceptors (Lipinski definition) is 15. The Labute approximate surface area is 440 Å². The molecule has 0 saturated heterocycles. The first-order chi connectivity index (χ1) is 35.3. The second kappa shape index (κ2) is 23.9. The molecule has 1 N–H and O–H groups in total. The van der Waals surface area contributed by atoms with Crippen molar-refractivity contribution in [3.8, 4) is 40.9 Å². The average molecular weight is 1100 g/mol. The number of alkyl halides is 3. The fourth-order valence-electron chi connectivity index (χ4n) is 8.29. The zero-order chi connectivity index (χ0) is 55.0. The first-order valence-corrected chi connectivity index (χ1v) is 28.5. The molecule has 0 aromatic heterocycles. The molecule has 2 aliphatic heterocycles. The average Bonchev–Trinajstić information content (AvgIpc) is 3.77. The number of methoxy groups -OCH3 is 2. The zero-order valence-electron chi connectivity index (χ0n) is 42.8. The first-order valence-electron chi connectivity index (χ1n) is 23.8. The molecule has 2 heterocycles. The van der Waals surface area contributed by atoms with Gasteiger partial charge in [-0.15, -0.1) is 0 Å². The van der Waals surface area contributed by atoms with Gasteiger partial charge in [-0.25, -0.2) is 13.8 Å². The number of hydrogen-bond donors (Lipinski definition) is 1. The summed E-state index contributed by atoms with van der Waals surface area (Å²) >= 11 is 7.15. The van der Waals surface area contributed by atoms with Gasteiger partial charge in [-0.2, -0.15) is 21.6 Å². The number of halogens is 4. The molecule has 404 valence electrons. The molecule has 4 bridgehead atoms. The maximum atomic E-state index is 14.7. The second-order valence-electron chi connectivity index (χ2n) is 18.7. The van der Waals surface area contributed by atoms with Crippen LogP contribution in [0.15, 0.2) is 84.5 Å². The van der Waals surface area contributed by atoms with Crippen molar-refractivity contribution in [2.24, 2.45) is 0 Å². The van der Waals surface area contributed by atoms with Gasteiger partial charge in [-0.05, 0) is 117 Å². The third-order valence-electron chi connectivity index (χ3n) is 12.4. The Bertz CT molecular complexity index is 2880. The maximum absolute atomic E-state index is 14.7. The summed E-state index contributed by atoms with van der Waals surface area (Å²) in [6.45, 7) is 9.28. The number of allylic oxidation sites excluding steroid dienone is 2. The van der Waals surface area contributed by atoms with E-state index in [1.54, 1.807) is 63.3 Å². The van der Waals surface area contributed by atoms with Crippen LogP contribution in [0.3, 0.4) is 0 Å². The molecule has 1 amide bonds. The van der Waals surface area contributed by atoms with Gasteiger partial charge in [0.25, 0.3) is 10.1 Å². The van der Waals surface area contributed by atoms with Crippen molar-refractivity contribution in [1.29, 1.82) is 0 Å². The Kier molecular flexibility index (Phi) is 18.5. The fourth-order valence-corrected chi connectivity index (χ4v) is 12.0. The summed E-state index contributed by atoms with van der Waals surface area (Å²) in [5.74, 6) is 9.84. The SMILES string of the molecule is CC[Si](CC)(CC)O[C@]12C=CC=C1C#C[C@]1(OC(=O)c3ccc(C(F)(F)F)cc3)[C@@H](OS(C)(=O)=O)C#C[C@@H]2Oc2c(Cl)cc(cc2OCOC)[C@@H](NC(=O)OC(C)(C)C)CC(=O)OC[C@@H]1OCc1ccc(OC)cc1. The van der Waals surface area contributed by atoms with Crippen molar-refractivity contribution in [3.63, 3.8) is 0 Å². The Morgan fingerprint density at radius 3 is 2.25 bits per heavy atom. The predicted molar refractivity (Wildman–Crippen MR) is 271 cm³/mol. The molecule has 6 atom stereocenters. The van der Waals surface area contributed by atoms with Crippen molar-refractivity contribution in [2.75, 3.05) is 33.9 Å². The lowest BCUT2D eigenvalue weighted by molar-refractivity contribution is -0.164. The molecule has 7 rings (SSSR count). The molecule has 0 radical (unpaired) electrons. The number of carbonyl (C=O) groups is 3. The van der Waals surface area contributed by atoms with Gasteiger partial charge >= 0.3 is 24.2 Å². The lowest BCUT2D eigenvalue weighted by Gasteiger charge is -2.42. The highest BCUT2D eigenvalue weighted by molar-refractivity contribution is 7.86. The van der Waals surface area contributed by atoms with Crippen molar-refractivity contribution in [2.45, 2.75) is 120 Å². The smallest absolute Gasteiger partial charge is 0.416 e. The van der Waals surface area contributed by atoms with Gasteiger partial charge in [0, 0.05) is 12.7 Å². The van der Waals surface area contributed by atoms with Gasteiger partial charge in [0.15, 0.2) is 44.4 Å². The molecule has 0 saturated carbocycles. The molecule has 16 nitrogen and oxygen atoms in total. The molecule has 4 aliphatic rings. The standard InChI is InChI=1S/C53H59ClF3NO15SSi/c1-10-75(11-2,12-3)73-51-26-13-14-37(51)25-27-52(70-48(60)35-17-19-38(20-18-35)53(55,56)57)44(72-74(9,62)63)24-23-43(51)69-47-40(54)28-36(29-42(47)68-33-64-7)41(58-49(61)71-50(4,5)6)30-46(59)67-32-45(52)66-31-34-15-21-39(65-8)22-16-34/h13-22,26,28-29,41,43-45H,10-12,30-33H2,1-9H3,(H,58,61)/t41-,43-,44-,45-,51+,52-/m0/s1. The van der Waals surface area contributed by atoms with Crippen LogP contribution >= 0.6 is 11.6 Å². The molecule has 0 fully saturated rings. The Morgan fingerprint density at radius 2 is 1.65 bits per heavy atom. The Balaban J connectivity index is 1.71. The van der Waals surface area contributed by atoms with Crippen LogP contribution in [0.4, 0.5) is 18.0 Å². The molecule has 22 heteroatoms. The highest BCUT2D eigenvalue weighted by Gasteiger charge is 2.55. The number of benzene rings is 3. The Hall–Kier alpha value is -6.04. The van der Waals surface area contributed by atoms with Crippen molar-refractivity contribution in [1.82, 2.24) is 5.32 Å². The van der Waals surface area contributed by atoms with Crippen molar-refractivity contribution in [3.05, 3.63) is 112 Å². The molecule has 3 aromatic rings. The number of amides is 1. The number of fused-ring (bicyclic) bond motifs is 8. The number of carbonyl (C=O) groups excluding carboxylic acids is 3. The molecule has 75 heavy (non-hydrogen) atoms. The quantitative estimate of drug-likeness (QED) is 0.0336. The summed E-state index contributed by atoms with van der Waals surface area (Å²) < 4.78 is 130. The van der Waals surface area contributed by atoms with E-state index in [0.717, 1.165) is 12.1 Å². The van der Waals surface area contributed by atoms with Crippen molar-refractivity contribution >= 4 is 48.1 Å². The van der Waals surface area contributed by atoms with Gasteiger partial charge in [0.2, 0.25) is 5.60 Å². The molecular weight excluding hydrogens is 1040 g/mol. The number of rotatable bonds is 17. The monoisotopic (exact) mass is 1100 g/mol. The topological polar surface area (TPSA) is 190 Å². The van der Waals surface area contributed by atoms with E-state index in [1.165, 1.54) is 26.4 Å². The number of nitrogens with one attached hydrogen (secondary N) is 1. The van der Waals surface area contributed by atoms with Crippen LogP contribution in [0, 0.1) is 23.7 Å². The van der Waals surface area contributed by atoms with E-state index in [-0.39, 0.29) is 41.1 Å². The highest BCUT2D eigenvalue weighted by atomic mass is 35.5. The van der Waals surface area contributed by atoms with Crippen LogP contribution in [0.2, 0.25) is 23.2 Å². The van der Waals surface area contributed by atoms with E-state index in [0.29, 0.717) is 47.8 Å². The van der Waals surface area contributed by atoms with Crippen LogP contribution in [0.25, 0.3) is 0 Å². The van der Waals surface area contributed by atoms with Crippen LogP contribution < -0.4 is 19.5 Å². The summed E-state index contributed by atoms with van der Waals surface area (Å²) in [5.41, 5.74) is -6.19. The van der Waals surface area contributed by atoms with E-state index in [1.807, 2.05) is 20.8 Å². The summed E-state index contributed by atoms with van der Waals surface area (Å²) in [7, 11) is -4.64. The van der Waals surface area contributed by atoms with Crippen molar-refractivity contribution < 1.29 is 82.5 Å². The molecule has 0 unspecified atom stereocenters. The molecular formula is C53H59ClF3NO15SSi. The van der Waals surface area contributed by atoms with Gasteiger partial charge in [0.05, 0.1) is 48.6 Å². The van der Waals surface area contributed by atoms with Gasteiger partial charge in [0.1, 0.15) is 24.1 Å². The van der Waals surface area contributed by atoms with E-state index < -0.39 is 108 Å². The lowest BCUT2D eigenvalue weighted by Crippen LogP contribution is -2.58. The minimum atomic E-state index is -4.78. The van der Waals surface area contributed by atoms with E-state index in [2.05, 4.69) is 29.0 Å². The lowest BCUT2D eigenvalue weighted by atomic mass is 9.89. The fraction of sp³-hybridized carbons (Fsp3) is 0.453.